The van der Waals surface area contributed by atoms with Gasteiger partial charge in [-0.05, 0) is 40.5 Å². The van der Waals surface area contributed by atoms with Crippen molar-refractivity contribution in [3.05, 3.63) is 32.8 Å². The fourth-order valence-electron chi connectivity index (χ4n) is 2.07. The summed E-state index contributed by atoms with van der Waals surface area (Å²) >= 11 is 9.36. The molecular formula is C13H13BrClNO4. The smallest absolute Gasteiger partial charge is 0.328 e. The Morgan fingerprint density at radius 1 is 1.50 bits per heavy atom. The third kappa shape index (κ3) is 2.97. The summed E-state index contributed by atoms with van der Waals surface area (Å²) in [5.74, 6) is -1.42. The molecule has 0 bridgehead atoms. The van der Waals surface area contributed by atoms with Crippen LogP contribution in [0.5, 0.6) is 0 Å². The number of rotatable bonds is 2. The lowest BCUT2D eigenvalue weighted by Gasteiger charge is -2.33. The van der Waals surface area contributed by atoms with E-state index in [4.69, 9.17) is 21.4 Å². The van der Waals surface area contributed by atoms with Crippen molar-refractivity contribution in [2.75, 3.05) is 19.8 Å². The van der Waals surface area contributed by atoms with Gasteiger partial charge in [0.05, 0.1) is 18.2 Å². The number of aliphatic carboxylic acids is 1. The van der Waals surface area contributed by atoms with E-state index in [2.05, 4.69) is 15.9 Å². The highest BCUT2D eigenvalue weighted by Gasteiger charge is 2.33. The molecule has 1 heterocycles. The van der Waals surface area contributed by atoms with Gasteiger partial charge in [-0.25, -0.2) is 4.79 Å². The van der Waals surface area contributed by atoms with Crippen molar-refractivity contribution >= 4 is 39.4 Å². The average molecular weight is 363 g/mol. The molecule has 1 N–H and O–H groups in total. The van der Waals surface area contributed by atoms with E-state index in [1.165, 1.54) is 11.0 Å². The molecule has 1 atom stereocenters. The molecule has 108 valence electrons. The first-order valence-electron chi connectivity index (χ1n) is 5.99. The number of aryl methyl sites for hydroxylation is 1. The quantitative estimate of drug-likeness (QED) is 0.877. The SMILES string of the molecule is Cc1cc(C(=O)N2CCOCC2C(=O)O)cc(Cl)c1Br. The molecule has 1 unspecified atom stereocenters. The number of carbonyl (C=O) groups is 2. The van der Waals surface area contributed by atoms with E-state index in [0.29, 0.717) is 17.2 Å². The van der Waals surface area contributed by atoms with Gasteiger partial charge in [-0.2, -0.15) is 0 Å². The molecule has 1 saturated heterocycles. The first-order chi connectivity index (χ1) is 9.41. The van der Waals surface area contributed by atoms with E-state index in [-0.39, 0.29) is 19.1 Å². The number of carboxylic acids is 1. The number of hydrogen-bond acceptors (Lipinski definition) is 3. The second-order valence-corrected chi connectivity index (χ2v) is 5.72. The van der Waals surface area contributed by atoms with Crippen molar-refractivity contribution in [3.8, 4) is 0 Å². The molecule has 0 aliphatic carbocycles. The maximum Gasteiger partial charge on any atom is 0.328 e. The predicted molar refractivity (Wildman–Crippen MR) is 77.2 cm³/mol. The Kier molecular flexibility index (Phi) is 4.67. The monoisotopic (exact) mass is 361 g/mol. The molecule has 1 fully saturated rings. The molecular weight excluding hydrogens is 350 g/mol. The van der Waals surface area contributed by atoms with Gasteiger partial charge < -0.3 is 14.7 Å². The summed E-state index contributed by atoms with van der Waals surface area (Å²) in [5, 5.41) is 9.57. The minimum Gasteiger partial charge on any atom is -0.480 e. The zero-order chi connectivity index (χ0) is 14.9. The number of amides is 1. The van der Waals surface area contributed by atoms with Crippen molar-refractivity contribution in [2.24, 2.45) is 0 Å². The van der Waals surface area contributed by atoms with E-state index in [1.54, 1.807) is 6.07 Å². The van der Waals surface area contributed by atoms with E-state index in [1.807, 2.05) is 6.92 Å². The van der Waals surface area contributed by atoms with Gasteiger partial charge >= 0.3 is 5.97 Å². The van der Waals surface area contributed by atoms with Gasteiger partial charge in [0.25, 0.3) is 5.91 Å². The second-order valence-electron chi connectivity index (χ2n) is 4.52. The Balaban J connectivity index is 2.32. The van der Waals surface area contributed by atoms with Gasteiger partial charge in [0, 0.05) is 16.6 Å². The topological polar surface area (TPSA) is 66.8 Å². The normalized spacial score (nSPS) is 18.9. The van der Waals surface area contributed by atoms with Crippen molar-refractivity contribution in [3.63, 3.8) is 0 Å². The van der Waals surface area contributed by atoms with Gasteiger partial charge in [-0.1, -0.05) is 11.6 Å². The molecule has 1 amide bonds. The molecule has 7 heteroatoms. The van der Waals surface area contributed by atoms with Crippen LogP contribution >= 0.6 is 27.5 Å². The lowest BCUT2D eigenvalue weighted by molar-refractivity contribution is -0.147. The van der Waals surface area contributed by atoms with Crippen LogP contribution in [0.2, 0.25) is 5.02 Å². The van der Waals surface area contributed by atoms with Crippen molar-refractivity contribution in [2.45, 2.75) is 13.0 Å². The molecule has 1 aliphatic heterocycles. The molecule has 1 aromatic rings. The summed E-state index contributed by atoms with van der Waals surface area (Å²) < 4.78 is 5.85. The number of nitrogens with zero attached hydrogens (tertiary/aromatic N) is 1. The molecule has 20 heavy (non-hydrogen) atoms. The standard InChI is InChI=1S/C13H13BrClNO4/c1-7-4-8(5-9(15)11(7)14)12(17)16-2-3-20-6-10(16)13(18)19/h4-5,10H,2-3,6H2,1H3,(H,18,19). The summed E-state index contributed by atoms with van der Waals surface area (Å²) in [7, 11) is 0. The van der Waals surface area contributed by atoms with Crippen LogP contribution in [0, 0.1) is 6.92 Å². The molecule has 1 aromatic carbocycles. The van der Waals surface area contributed by atoms with E-state index < -0.39 is 12.0 Å². The van der Waals surface area contributed by atoms with Gasteiger partial charge in [-0.15, -0.1) is 0 Å². The van der Waals surface area contributed by atoms with Crippen LogP contribution in [0.4, 0.5) is 0 Å². The Morgan fingerprint density at radius 3 is 2.80 bits per heavy atom. The number of ether oxygens (including phenoxy) is 1. The fourth-order valence-corrected chi connectivity index (χ4v) is 2.56. The Hall–Kier alpha value is -1.11. The Labute approximate surface area is 129 Å². The second kappa shape index (κ2) is 6.11. The maximum absolute atomic E-state index is 12.5. The minimum absolute atomic E-state index is 0.00428. The summed E-state index contributed by atoms with van der Waals surface area (Å²) in [6.07, 6.45) is 0. The first kappa shape index (κ1) is 15.3. The molecule has 2 rings (SSSR count). The number of carboxylic acid groups (broad SMARTS) is 1. The zero-order valence-electron chi connectivity index (χ0n) is 10.7. The lowest BCUT2D eigenvalue weighted by Crippen LogP contribution is -2.52. The minimum atomic E-state index is -1.07. The summed E-state index contributed by atoms with van der Waals surface area (Å²) in [6, 6.07) is 2.26. The predicted octanol–water partition coefficient (Wildman–Crippen LogP) is 2.34. The van der Waals surface area contributed by atoms with E-state index >= 15 is 0 Å². The van der Waals surface area contributed by atoms with Crippen LogP contribution in [0.25, 0.3) is 0 Å². The molecule has 5 nitrogen and oxygen atoms in total. The number of hydrogen-bond donors (Lipinski definition) is 1. The van der Waals surface area contributed by atoms with Crippen LogP contribution < -0.4 is 0 Å². The third-order valence-electron chi connectivity index (χ3n) is 3.13. The molecule has 0 spiro atoms. The van der Waals surface area contributed by atoms with Crippen LogP contribution in [-0.2, 0) is 9.53 Å². The van der Waals surface area contributed by atoms with Gasteiger partial charge in [0.2, 0.25) is 0 Å². The third-order valence-corrected chi connectivity index (χ3v) is 4.71. The van der Waals surface area contributed by atoms with Gasteiger partial charge in [0.1, 0.15) is 0 Å². The number of morpholine rings is 1. The van der Waals surface area contributed by atoms with Crippen LogP contribution in [0.3, 0.4) is 0 Å². The van der Waals surface area contributed by atoms with Gasteiger partial charge in [-0.3, -0.25) is 4.79 Å². The zero-order valence-corrected chi connectivity index (χ0v) is 13.1. The molecule has 0 saturated carbocycles. The highest BCUT2D eigenvalue weighted by atomic mass is 79.9. The Bertz CT molecular complexity index is 540. The van der Waals surface area contributed by atoms with E-state index in [9.17, 15) is 9.59 Å². The highest BCUT2D eigenvalue weighted by Crippen LogP contribution is 2.28. The number of halogens is 2. The van der Waals surface area contributed by atoms with Crippen molar-refractivity contribution in [1.82, 2.24) is 4.90 Å². The molecule has 0 aromatic heterocycles. The summed E-state index contributed by atoms with van der Waals surface area (Å²) in [6.45, 7) is 2.41. The maximum atomic E-state index is 12.5. The Morgan fingerprint density at radius 2 is 2.20 bits per heavy atom. The summed E-state index contributed by atoms with van der Waals surface area (Å²) in [4.78, 5) is 25.0. The van der Waals surface area contributed by atoms with Crippen LogP contribution in [-0.4, -0.2) is 47.7 Å². The summed E-state index contributed by atoms with van der Waals surface area (Å²) in [5.41, 5.74) is 1.20. The fraction of sp³-hybridized carbons (Fsp3) is 0.385. The highest BCUT2D eigenvalue weighted by molar-refractivity contribution is 9.10. The van der Waals surface area contributed by atoms with Crippen LogP contribution in [0.15, 0.2) is 16.6 Å². The number of carbonyl (C=O) groups excluding carboxylic acids is 1. The number of benzene rings is 1. The van der Waals surface area contributed by atoms with Gasteiger partial charge in [0.15, 0.2) is 6.04 Å². The average Bonchev–Trinajstić information content (AvgIpc) is 2.43. The first-order valence-corrected chi connectivity index (χ1v) is 7.16. The van der Waals surface area contributed by atoms with E-state index in [0.717, 1.165) is 10.0 Å². The van der Waals surface area contributed by atoms with Crippen LogP contribution in [0.1, 0.15) is 15.9 Å². The van der Waals surface area contributed by atoms with Crippen molar-refractivity contribution in [1.29, 1.82) is 0 Å². The molecule has 1 aliphatic rings. The lowest BCUT2D eigenvalue weighted by atomic mass is 10.1. The molecule has 0 radical (unpaired) electrons. The van der Waals surface area contributed by atoms with Crippen molar-refractivity contribution < 1.29 is 19.4 Å². The largest absolute Gasteiger partial charge is 0.480 e.